The minimum Gasteiger partial charge on any atom is -0.369 e. The summed E-state index contributed by atoms with van der Waals surface area (Å²) in [5.74, 6) is -6.57. The van der Waals surface area contributed by atoms with Crippen LogP contribution >= 0.6 is 0 Å². The van der Waals surface area contributed by atoms with E-state index in [0.29, 0.717) is 5.69 Å². The zero-order chi connectivity index (χ0) is 29.7. The van der Waals surface area contributed by atoms with Gasteiger partial charge in [-0.1, -0.05) is 42.5 Å². The molecule has 0 saturated carbocycles. The Morgan fingerprint density at radius 3 is 2.46 bits per heavy atom. The highest BCUT2D eigenvalue weighted by atomic mass is 19.4. The number of carbonyl (C=O) groups is 3. The molecule has 0 radical (unpaired) electrons. The molecule has 3 amide bonds. The van der Waals surface area contributed by atoms with Crippen LogP contribution in [0.5, 0.6) is 0 Å². The number of amides is 3. The van der Waals surface area contributed by atoms with Gasteiger partial charge in [0.05, 0.1) is 35.7 Å². The van der Waals surface area contributed by atoms with Crippen molar-refractivity contribution in [3.63, 3.8) is 0 Å². The molecule has 2 unspecified atom stereocenters. The van der Waals surface area contributed by atoms with E-state index < -0.39 is 60.4 Å². The molecule has 41 heavy (non-hydrogen) atoms. The number of para-hydroxylation sites is 1. The van der Waals surface area contributed by atoms with Crippen LogP contribution in [0, 0.1) is 23.1 Å². The number of anilines is 3. The van der Waals surface area contributed by atoms with E-state index in [9.17, 15) is 37.2 Å². The van der Waals surface area contributed by atoms with Crippen molar-refractivity contribution < 1.29 is 31.9 Å². The fourth-order valence-electron chi connectivity index (χ4n) is 4.84. The molecule has 4 rings (SSSR count). The SMILES string of the molecule is N#Cc1cccc(N2C[C@H](NC(=O)C(CCC(F)(F)F)C(C(N)=O)c3ccccc3)C(=O)Nc3c(F)cccc32)c1. The summed E-state index contributed by atoms with van der Waals surface area (Å²) < 4.78 is 54.5. The van der Waals surface area contributed by atoms with Crippen molar-refractivity contribution in [3.05, 3.63) is 89.7 Å². The zero-order valence-electron chi connectivity index (χ0n) is 21.5. The van der Waals surface area contributed by atoms with Crippen LogP contribution in [0.2, 0.25) is 0 Å². The van der Waals surface area contributed by atoms with Crippen molar-refractivity contribution in [3.8, 4) is 6.07 Å². The third kappa shape index (κ3) is 6.81. The summed E-state index contributed by atoms with van der Waals surface area (Å²) in [6, 6.07) is 18.7. The zero-order valence-corrected chi connectivity index (χ0v) is 21.5. The standard InChI is InChI=1S/C29H25F4N5O3/c30-21-10-5-11-23-25(21)37-28(41)22(16-38(23)19-9-4-6-17(14-19)15-34)36-27(40)20(12-13-29(31,32)33)24(26(35)39)18-7-2-1-3-8-18/h1-11,14,20,22,24H,12-13,16H2,(H2,35,39)(H,36,40)(H,37,41)/t20?,22-,24?/m0/s1. The fourth-order valence-corrected chi connectivity index (χ4v) is 4.84. The molecular formula is C29H25F4N5O3. The molecule has 1 heterocycles. The van der Waals surface area contributed by atoms with Gasteiger partial charge in [0, 0.05) is 12.1 Å². The smallest absolute Gasteiger partial charge is 0.369 e. The third-order valence-electron chi connectivity index (χ3n) is 6.76. The van der Waals surface area contributed by atoms with Gasteiger partial charge in [-0.3, -0.25) is 14.4 Å². The maximum absolute atomic E-state index is 14.8. The molecule has 1 aliphatic rings. The summed E-state index contributed by atoms with van der Waals surface area (Å²) in [5, 5.41) is 14.3. The van der Waals surface area contributed by atoms with Crippen LogP contribution in [0.4, 0.5) is 34.6 Å². The van der Waals surface area contributed by atoms with Gasteiger partial charge in [0.1, 0.15) is 17.5 Å². The molecule has 4 N–H and O–H groups in total. The van der Waals surface area contributed by atoms with Crippen molar-refractivity contribution >= 4 is 34.8 Å². The molecule has 0 aliphatic carbocycles. The quantitative estimate of drug-likeness (QED) is 0.346. The first-order valence-electron chi connectivity index (χ1n) is 12.6. The molecule has 0 spiro atoms. The van der Waals surface area contributed by atoms with E-state index >= 15 is 0 Å². The molecule has 0 bridgehead atoms. The van der Waals surface area contributed by atoms with Gasteiger partial charge in [0.2, 0.25) is 17.7 Å². The minimum atomic E-state index is -4.63. The lowest BCUT2D eigenvalue weighted by Gasteiger charge is -2.29. The van der Waals surface area contributed by atoms with Crippen LogP contribution < -0.4 is 21.3 Å². The molecule has 0 fully saturated rings. The average molecular weight is 568 g/mol. The van der Waals surface area contributed by atoms with Crippen LogP contribution in [-0.4, -0.2) is 36.5 Å². The number of primary amides is 1. The van der Waals surface area contributed by atoms with Crippen LogP contribution in [-0.2, 0) is 14.4 Å². The number of nitriles is 1. The van der Waals surface area contributed by atoms with Gasteiger partial charge in [0.25, 0.3) is 0 Å². The van der Waals surface area contributed by atoms with E-state index in [2.05, 4.69) is 10.6 Å². The van der Waals surface area contributed by atoms with Crippen LogP contribution in [0.25, 0.3) is 0 Å². The lowest BCUT2D eigenvalue weighted by atomic mass is 9.81. The number of halogens is 4. The second-order valence-electron chi connectivity index (χ2n) is 9.51. The molecule has 3 aromatic rings. The molecule has 3 aromatic carbocycles. The minimum absolute atomic E-state index is 0.176. The fraction of sp³-hybridized carbons (Fsp3) is 0.241. The summed E-state index contributed by atoms with van der Waals surface area (Å²) in [7, 11) is 0. The van der Waals surface area contributed by atoms with Crippen molar-refractivity contribution in [2.75, 3.05) is 16.8 Å². The lowest BCUT2D eigenvalue weighted by molar-refractivity contribution is -0.144. The summed E-state index contributed by atoms with van der Waals surface area (Å²) in [4.78, 5) is 40.8. The summed E-state index contributed by atoms with van der Waals surface area (Å²) in [5.41, 5.74) is 6.57. The Bertz CT molecular complexity index is 1490. The molecule has 12 heteroatoms. The van der Waals surface area contributed by atoms with Gasteiger partial charge in [-0.15, -0.1) is 0 Å². The van der Waals surface area contributed by atoms with Crippen LogP contribution in [0.1, 0.15) is 29.9 Å². The van der Waals surface area contributed by atoms with E-state index in [1.54, 1.807) is 36.4 Å². The topological polar surface area (TPSA) is 128 Å². The number of alkyl halides is 3. The van der Waals surface area contributed by atoms with Crippen molar-refractivity contribution in [2.24, 2.45) is 11.7 Å². The maximum Gasteiger partial charge on any atom is 0.389 e. The monoisotopic (exact) mass is 567 g/mol. The third-order valence-corrected chi connectivity index (χ3v) is 6.76. The second kappa shape index (κ2) is 12.1. The number of carbonyl (C=O) groups excluding carboxylic acids is 3. The molecule has 1 aliphatic heterocycles. The number of nitrogens with one attached hydrogen (secondary N) is 2. The van der Waals surface area contributed by atoms with Gasteiger partial charge >= 0.3 is 6.18 Å². The second-order valence-corrected chi connectivity index (χ2v) is 9.51. The maximum atomic E-state index is 14.8. The van der Waals surface area contributed by atoms with Crippen molar-refractivity contribution in [1.82, 2.24) is 5.32 Å². The number of hydrogen-bond donors (Lipinski definition) is 3. The summed E-state index contributed by atoms with van der Waals surface area (Å²) >= 11 is 0. The Labute approximate surface area is 232 Å². The van der Waals surface area contributed by atoms with Gasteiger partial charge < -0.3 is 21.3 Å². The molecule has 3 atom stereocenters. The first kappa shape index (κ1) is 29.1. The Balaban J connectivity index is 1.71. The highest BCUT2D eigenvalue weighted by Crippen LogP contribution is 2.37. The van der Waals surface area contributed by atoms with E-state index in [4.69, 9.17) is 5.73 Å². The Kier molecular flexibility index (Phi) is 8.56. The number of hydrogen-bond acceptors (Lipinski definition) is 5. The van der Waals surface area contributed by atoms with Crippen LogP contribution in [0.15, 0.2) is 72.8 Å². The predicted molar refractivity (Wildman–Crippen MR) is 142 cm³/mol. The summed E-state index contributed by atoms with van der Waals surface area (Å²) in [6.07, 6.45) is -6.77. The normalized spacial score (nSPS) is 16.4. The first-order valence-corrected chi connectivity index (χ1v) is 12.6. The average Bonchev–Trinajstić information content (AvgIpc) is 3.07. The van der Waals surface area contributed by atoms with E-state index in [0.717, 1.165) is 6.07 Å². The Morgan fingerprint density at radius 1 is 1.10 bits per heavy atom. The van der Waals surface area contributed by atoms with Crippen molar-refractivity contribution in [2.45, 2.75) is 31.0 Å². The van der Waals surface area contributed by atoms with Gasteiger partial charge in [-0.2, -0.15) is 18.4 Å². The van der Waals surface area contributed by atoms with E-state index in [-0.39, 0.29) is 29.0 Å². The van der Waals surface area contributed by atoms with E-state index in [1.807, 2.05) is 6.07 Å². The highest BCUT2D eigenvalue weighted by molar-refractivity contribution is 6.03. The number of nitrogens with two attached hydrogens (primary N) is 1. The lowest BCUT2D eigenvalue weighted by Crippen LogP contribution is -2.51. The largest absolute Gasteiger partial charge is 0.389 e. The number of benzene rings is 3. The number of nitrogens with zero attached hydrogens (tertiary/aromatic N) is 2. The Hall–Kier alpha value is -4.92. The van der Waals surface area contributed by atoms with Gasteiger partial charge in [-0.05, 0) is 42.3 Å². The number of fused-ring (bicyclic) bond motifs is 1. The van der Waals surface area contributed by atoms with Crippen LogP contribution in [0.3, 0.4) is 0 Å². The molecular weight excluding hydrogens is 542 g/mol. The summed E-state index contributed by atoms with van der Waals surface area (Å²) in [6.45, 7) is -0.262. The number of rotatable bonds is 8. The predicted octanol–water partition coefficient (Wildman–Crippen LogP) is 4.50. The van der Waals surface area contributed by atoms with E-state index in [1.165, 1.54) is 35.2 Å². The van der Waals surface area contributed by atoms with Gasteiger partial charge in [-0.25, -0.2) is 4.39 Å². The molecule has 212 valence electrons. The first-order chi connectivity index (χ1) is 19.5. The Morgan fingerprint density at radius 2 is 1.80 bits per heavy atom. The highest BCUT2D eigenvalue weighted by Gasteiger charge is 2.40. The molecule has 0 aromatic heterocycles. The molecule has 8 nitrogen and oxygen atoms in total. The van der Waals surface area contributed by atoms with Gasteiger partial charge in [0.15, 0.2) is 0 Å². The molecule has 0 saturated heterocycles. The van der Waals surface area contributed by atoms with Crippen molar-refractivity contribution in [1.29, 1.82) is 5.26 Å².